The molecule has 1 amide bonds. The van der Waals surface area contributed by atoms with Crippen molar-refractivity contribution in [3.05, 3.63) is 68.8 Å². The van der Waals surface area contributed by atoms with Gasteiger partial charge in [-0.25, -0.2) is 9.78 Å². The first-order valence-corrected chi connectivity index (χ1v) is 9.23. The standard InChI is InChI=1S/C19H16ClN5O4/c20-12-5-6-16-15(9-12)25(19(27)29-16)11-18(26)21-10-17-23-13-3-1-2-4-14(13)24(17)8-7-22-28/h1-6,9H,7-8,10-11H2,(H,21,26). The van der Waals surface area contributed by atoms with Gasteiger partial charge in [-0.3, -0.25) is 9.36 Å². The van der Waals surface area contributed by atoms with Crippen molar-refractivity contribution in [2.75, 3.05) is 6.54 Å². The largest absolute Gasteiger partial charge is 0.420 e. The number of halogens is 1. The molecule has 10 heteroatoms. The molecule has 2 heterocycles. The minimum absolute atomic E-state index is 0.0957. The number of nitrogens with zero attached hydrogens (tertiary/aromatic N) is 4. The Kier molecular flexibility index (Phi) is 5.13. The number of aromatic nitrogens is 3. The lowest BCUT2D eigenvalue weighted by molar-refractivity contribution is -0.121. The number of oxazole rings is 1. The molecule has 2 aromatic heterocycles. The molecule has 4 aromatic rings. The Labute approximate surface area is 168 Å². The first-order chi connectivity index (χ1) is 14.1. The molecule has 29 heavy (non-hydrogen) atoms. The van der Waals surface area contributed by atoms with Gasteiger partial charge in [-0.15, -0.1) is 0 Å². The summed E-state index contributed by atoms with van der Waals surface area (Å²) in [6.45, 7) is 0.373. The molecule has 0 saturated carbocycles. The molecule has 0 aliphatic carbocycles. The fourth-order valence-electron chi connectivity index (χ4n) is 3.21. The summed E-state index contributed by atoms with van der Waals surface area (Å²) in [5, 5.41) is 6.10. The highest BCUT2D eigenvalue weighted by Gasteiger charge is 2.15. The monoisotopic (exact) mass is 413 g/mol. The summed E-state index contributed by atoms with van der Waals surface area (Å²) in [7, 11) is 0. The fraction of sp³-hybridized carbons (Fsp3) is 0.211. The Hall–Kier alpha value is -3.46. The van der Waals surface area contributed by atoms with Gasteiger partial charge in [0.2, 0.25) is 5.91 Å². The molecule has 2 aromatic carbocycles. The first-order valence-electron chi connectivity index (χ1n) is 8.85. The normalized spacial score (nSPS) is 11.2. The topological polar surface area (TPSA) is 111 Å². The minimum atomic E-state index is -0.637. The van der Waals surface area contributed by atoms with Crippen LogP contribution in [0.4, 0.5) is 0 Å². The lowest BCUT2D eigenvalue weighted by Gasteiger charge is -2.09. The van der Waals surface area contributed by atoms with Gasteiger partial charge in [0, 0.05) is 11.6 Å². The molecule has 0 saturated heterocycles. The van der Waals surface area contributed by atoms with Crippen molar-refractivity contribution < 1.29 is 9.21 Å². The summed E-state index contributed by atoms with van der Waals surface area (Å²) in [6.07, 6.45) is 0. The van der Waals surface area contributed by atoms with Gasteiger partial charge < -0.3 is 14.3 Å². The van der Waals surface area contributed by atoms with Gasteiger partial charge in [0.05, 0.1) is 29.6 Å². The average molecular weight is 414 g/mol. The molecule has 1 N–H and O–H groups in total. The zero-order chi connectivity index (χ0) is 20.4. The fourth-order valence-corrected chi connectivity index (χ4v) is 3.38. The Balaban J connectivity index is 1.53. The number of hydrogen-bond donors (Lipinski definition) is 1. The second kappa shape index (κ2) is 7.88. The quantitative estimate of drug-likeness (QED) is 0.468. The molecular formula is C19H16ClN5O4. The Morgan fingerprint density at radius 3 is 2.83 bits per heavy atom. The van der Waals surface area contributed by atoms with E-state index < -0.39 is 5.76 Å². The van der Waals surface area contributed by atoms with Crippen LogP contribution in [0.5, 0.6) is 0 Å². The molecular weight excluding hydrogens is 398 g/mol. The van der Waals surface area contributed by atoms with E-state index >= 15 is 0 Å². The Morgan fingerprint density at radius 2 is 2.00 bits per heavy atom. The molecule has 0 atom stereocenters. The maximum atomic E-state index is 12.5. The van der Waals surface area contributed by atoms with Crippen LogP contribution in [0.3, 0.4) is 0 Å². The third-order valence-electron chi connectivity index (χ3n) is 4.52. The third-order valence-corrected chi connectivity index (χ3v) is 4.76. The lowest BCUT2D eigenvalue weighted by atomic mass is 10.3. The van der Waals surface area contributed by atoms with Crippen molar-refractivity contribution in [1.82, 2.24) is 19.4 Å². The number of nitroso groups, excluding NO2 is 1. The van der Waals surface area contributed by atoms with Gasteiger partial charge in [0.25, 0.3) is 0 Å². The van der Waals surface area contributed by atoms with Crippen LogP contribution in [0, 0.1) is 4.91 Å². The van der Waals surface area contributed by atoms with E-state index in [0.717, 1.165) is 11.0 Å². The maximum Gasteiger partial charge on any atom is 0.420 e. The highest BCUT2D eigenvalue weighted by atomic mass is 35.5. The number of fused-ring (bicyclic) bond motifs is 2. The second-order valence-electron chi connectivity index (χ2n) is 6.36. The minimum Gasteiger partial charge on any atom is -0.408 e. The van der Waals surface area contributed by atoms with Gasteiger partial charge in [-0.2, -0.15) is 4.91 Å². The molecule has 0 fully saturated rings. The zero-order valence-electron chi connectivity index (χ0n) is 15.2. The predicted molar refractivity (Wildman–Crippen MR) is 108 cm³/mol. The summed E-state index contributed by atoms with van der Waals surface area (Å²) < 4.78 is 8.19. The SMILES string of the molecule is O=NCCn1c(CNC(=O)Cn2c(=O)oc3ccc(Cl)cc32)nc2ccccc21. The van der Waals surface area contributed by atoms with E-state index in [4.69, 9.17) is 16.0 Å². The smallest absolute Gasteiger partial charge is 0.408 e. The second-order valence-corrected chi connectivity index (χ2v) is 6.80. The summed E-state index contributed by atoms with van der Waals surface area (Å²) in [5.41, 5.74) is 2.42. The van der Waals surface area contributed by atoms with E-state index in [9.17, 15) is 14.5 Å². The number of benzene rings is 2. The lowest BCUT2D eigenvalue weighted by Crippen LogP contribution is -2.31. The summed E-state index contributed by atoms with van der Waals surface area (Å²) >= 11 is 5.98. The summed E-state index contributed by atoms with van der Waals surface area (Å²) in [4.78, 5) is 39.6. The van der Waals surface area contributed by atoms with Gasteiger partial charge in [-0.05, 0) is 30.3 Å². The summed E-state index contributed by atoms with van der Waals surface area (Å²) in [5.74, 6) is -0.431. The van der Waals surface area contributed by atoms with Crippen molar-refractivity contribution >= 4 is 39.6 Å². The van der Waals surface area contributed by atoms with Crippen molar-refractivity contribution in [2.24, 2.45) is 5.18 Å². The van der Waals surface area contributed by atoms with Crippen molar-refractivity contribution in [3.8, 4) is 0 Å². The van der Waals surface area contributed by atoms with Crippen LogP contribution >= 0.6 is 11.6 Å². The number of imidazole rings is 1. The van der Waals surface area contributed by atoms with Gasteiger partial charge in [0.15, 0.2) is 5.58 Å². The van der Waals surface area contributed by atoms with E-state index in [0.29, 0.717) is 28.5 Å². The van der Waals surface area contributed by atoms with E-state index in [2.05, 4.69) is 15.5 Å². The third kappa shape index (κ3) is 3.77. The van der Waals surface area contributed by atoms with Crippen molar-refractivity contribution in [1.29, 1.82) is 0 Å². The highest BCUT2D eigenvalue weighted by Crippen LogP contribution is 2.19. The van der Waals surface area contributed by atoms with Crippen LogP contribution < -0.4 is 11.1 Å². The van der Waals surface area contributed by atoms with Crippen molar-refractivity contribution in [3.63, 3.8) is 0 Å². The van der Waals surface area contributed by atoms with Crippen LogP contribution in [0.1, 0.15) is 5.82 Å². The van der Waals surface area contributed by atoms with Crippen LogP contribution in [0.15, 0.2) is 56.9 Å². The number of para-hydroxylation sites is 2. The van der Waals surface area contributed by atoms with E-state index in [1.54, 1.807) is 18.2 Å². The molecule has 0 spiro atoms. The summed E-state index contributed by atoms with van der Waals surface area (Å²) in [6, 6.07) is 12.2. The van der Waals surface area contributed by atoms with Gasteiger partial charge in [0.1, 0.15) is 12.4 Å². The molecule has 4 rings (SSSR count). The molecule has 0 bridgehead atoms. The maximum absolute atomic E-state index is 12.5. The van der Waals surface area contributed by atoms with Gasteiger partial charge >= 0.3 is 5.76 Å². The number of nitrogens with one attached hydrogen (secondary N) is 1. The van der Waals surface area contributed by atoms with Gasteiger partial charge in [-0.1, -0.05) is 28.9 Å². The first kappa shape index (κ1) is 18.9. The molecule has 0 aliphatic heterocycles. The molecule has 148 valence electrons. The number of hydrogen-bond acceptors (Lipinski definition) is 6. The van der Waals surface area contributed by atoms with Crippen LogP contribution in [0.2, 0.25) is 5.02 Å². The number of amides is 1. The van der Waals surface area contributed by atoms with Crippen LogP contribution in [-0.4, -0.2) is 26.6 Å². The van der Waals surface area contributed by atoms with Crippen LogP contribution in [-0.2, 0) is 24.4 Å². The Morgan fingerprint density at radius 1 is 1.17 bits per heavy atom. The van der Waals surface area contributed by atoms with E-state index in [1.807, 2.05) is 28.8 Å². The van der Waals surface area contributed by atoms with E-state index in [-0.39, 0.29) is 25.5 Å². The Bertz CT molecular complexity index is 1270. The van der Waals surface area contributed by atoms with E-state index in [1.165, 1.54) is 4.57 Å². The highest BCUT2D eigenvalue weighted by molar-refractivity contribution is 6.31. The molecule has 0 aliphatic rings. The molecule has 9 nitrogen and oxygen atoms in total. The van der Waals surface area contributed by atoms with Crippen molar-refractivity contribution in [2.45, 2.75) is 19.6 Å². The number of carbonyl (C=O) groups excluding carboxylic acids is 1. The zero-order valence-corrected chi connectivity index (χ0v) is 15.9. The average Bonchev–Trinajstić information content (AvgIpc) is 3.22. The number of rotatable bonds is 7. The predicted octanol–water partition coefficient (Wildman–Crippen LogP) is 2.68. The molecule has 0 unspecified atom stereocenters. The molecule has 0 radical (unpaired) electrons. The van der Waals surface area contributed by atoms with Crippen LogP contribution in [0.25, 0.3) is 22.1 Å². The number of carbonyl (C=O) groups is 1.